The normalized spacial score (nSPS) is 14.6. The van der Waals surface area contributed by atoms with Gasteiger partial charge in [-0.25, -0.2) is 14.6 Å². The largest absolute Gasteiger partial charge is 0.344 e. The van der Waals surface area contributed by atoms with E-state index in [-0.39, 0.29) is 5.78 Å². The minimum absolute atomic E-state index is 0.0277. The maximum absolute atomic E-state index is 12.7. The highest BCUT2D eigenvalue weighted by Gasteiger charge is 2.26. The highest BCUT2D eigenvalue weighted by molar-refractivity contribution is 6.08. The number of nitrogens with one attached hydrogen (secondary N) is 1. The minimum atomic E-state index is -0.489. The van der Waals surface area contributed by atoms with Crippen molar-refractivity contribution in [1.82, 2.24) is 29.9 Å². The fourth-order valence-corrected chi connectivity index (χ4v) is 3.06. The minimum Gasteiger partial charge on any atom is -0.344 e. The maximum Gasteiger partial charge on any atom is 0.171 e. The van der Waals surface area contributed by atoms with Crippen LogP contribution in [-0.2, 0) is 6.54 Å². The number of carbonyl (C=O) groups is 1. The van der Waals surface area contributed by atoms with Gasteiger partial charge in [0.2, 0.25) is 0 Å². The lowest BCUT2D eigenvalue weighted by molar-refractivity contribution is 0.0860. The molecule has 1 N–H and O–H groups in total. The Morgan fingerprint density at radius 1 is 1.26 bits per heavy atom. The van der Waals surface area contributed by atoms with Crippen LogP contribution in [0.1, 0.15) is 44.0 Å². The molecular formula is C20H22N6O. The number of rotatable bonds is 4. The van der Waals surface area contributed by atoms with Crippen molar-refractivity contribution in [2.45, 2.75) is 40.2 Å². The average molecular weight is 362 g/mol. The van der Waals surface area contributed by atoms with Crippen molar-refractivity contribution in [3.63, 3.8) is 0 Å². The first-order chi connectivity index (χ1) is 12.9. The van der Waals surface area contributed by atoms with Crippen molar-refractivity contribution >= 4 is 16.9 Å². The molecule has 0 aliphatic heterocycles. The summed E-state index contributed by atoms with van der Waals surface area (Å²) in [6.07, 6.45) is 13.9. The van der Waals surface area contributed by atoms with Gasteiger partial charge in [0, 0.05) is 11.6 Å². The van der Waals surface area contributed by atoms with Gasteiger partial charge in [-0.1, -0.05) is 44.2 Å². The van der Waals surface area contributed by atoms with Crippen LogP contribution in [0.15, 0.2) is 42.4 Å². The Morgan fingerprint density at radius 2 is 2.11 bits per heavy atom. The van der Waals surface area contributed by atoms with E-state index in [1.807, 2.05) is 27.0 Å². The number of hydrogen-bond acceptors (Lipinski definition) is 5. The Bertz CT molecular complexity index is 1060. The second-order valence-electron chi connectivity index (χ2n) is 7.79. The number of nitrogens with zero attached hydrogens (tertiary/aromatic N) is 5. The Balaban J connectivity index is 1.65. The molecule has 7 heteroatoms. The Hall–Kier alpha value is -3.09. The van der Waals surface area contributed by atoms with Crippen molar-refractivity contribution in [2.24, 2.45) is 5.41 Å². The zero-order valence-electron chi connectivity index (χ0n) is 15.7. The molecule has 1 aliphatic carbocycles. The summed E-state index contributed by atoms with van der Waals surface area (Å²) < 4.78 is 1.79. The average Bonchev–Trinajstić information content (AvgIpc) is 3.27. The summed E-state index contributed by atoms with van der Waals surface area (Å²) in [7, 11) is 0. The van der Waals surface area contributed by atoms with E-state index in [4.69, 9.17) is 0 Å². The van der Waals surface area contributed by atoms with Crippen LogP contribution >= 0.6 is 0 Å². The molecule has 0 unspecified atom stereocenters. The zero-order chi connectivity index (χ0) is 19.0. The number of ketones is 1. The summed E-state index contributed by atoms with van der Waals surface area (Å²) >= 11 is 0. The van der Waals surface area contributed by atoms with Crippen molar-refractivity contribution < 1.29 is 4.79 Å². The lowest BCUT2D eigenvalue weighted by atomic mass is 9.87. The van der Waals surface area contributed by atoms with Gasteiger partial charge < -0.3 is 4.98 Å². The second kappa shape index (κ2) is 6.57. The van der Waals surface area contributed by atoms with Crippen molar-refractivity contribution in [1.29, 1.82) is 0 Å². The molecule has 138 valence electrons. The first-order valence-corrected chi connectivity index (χ1v) is 9.07. The van der Waals surface area contributed by atoms with Crippen LogP contribution in [0.5, 0.6) is 0 Å². The molecule has 0 bridgehead atoms. The summed E-state index contributed by atoms with van der Waals surface area (Å²) in [5.41, 5.74) is 3.69. The molecule has 0 radical (unpaired) electrons. The number of carbonyl (C=O) groups excluding carboxylic acids is 1. The highest BCUT2D eigenvalue weighted by atomic mass is 16.1. The van der Waals surface area contributed by atoms with E-state index in [1.54, 1.807) is 17.1 Å². The summed E-state index contributed by atoms with van der Waals surface area (Å²) in [5.74, 6) is 0.0277. The molecule has 7 nitrogen and oxygen atoms in total. The molecule has 0 atom stereocenters. The standard InChI is InChI=1S/C20H22N6O/c1-20(2,3)18(27)14-9-21-19-17(14)23-15(10-22-19)16-12-26(25-24-16)11-13-7-5-4-6-8-13/h5,7-10,12H,4,6,11H2,1-3H3,(H,21,22). The number of aromatic amines is 1. The van der Waals surface area contributed by atoms with Crippen LogP contribution in [0.3, 0.4) is 0 Å². The van der Waals surface area contributed by atoms with Gasteiger partial charge in [-0.2, -0.15) is 0 Å². The molecule has 4 rings (SSSR count). The SMILES string of the molecule is CC(C)(C)C(=O)c1c[nH]c2ncc(-c3cn(CC4=CCCC=C4)nn3)nc12. The highest BCUT2D eigenvalue weighted by Crippen LogP contribution is 2.26. The van der Waals surface area contributed by atoms with E-state index in [0.29, 0.717) is 34.7 Å². The summed E-state index contributed by atoms with van der Waals surface area (Å²) in [4.78, 5) is 24.7. The van der Waals surface area contributed by atoms with E-state index < -0.39 is 5.41 Å². The van der Waals surface area contributed by atoms with E-state index in [0.717, 1.165) is 12.8 Å². The molecule has 0 spiro atoms. The molecule has 0 fully saturated rings. The number of aromatic nitrogens is 6. The number of Topliss-reactive ketones (excluding diaryl/α,β-unsaturated/α-hetero) is 1. The van der Waals surface area contributed by atoms with E-state index in [2.05, 4.69) is 43.5 Å². The molecule has 0 amide bonds. The second-order valence-corrected chi connectivity index (χ2v) is 7.79. The topological polar surface area (TPSA) is 89.4 Å². The van der Waals surface area contributed by atoms with Crippen LogP contribution in [0, 0.1) is 5.41 Å². The number of fused-ring (bicyclic) bond motifs is 1. The maximum atomic E-state index is 12.7. The Morgan fingerprint density at radius 3 is 2.85 bits per heavy atom. The predicted octanol–water partition coefficient (Wildman–Crippen LogP) is 3.72. The first kappa shape index (κ1) is 17.3. The third-order valence-electron chi connectivity index (χ3n) is 4.52. The van der Waals surface area contributed by atoms with Gasteiger partial charge in [0.05, 0.1) is 24.5 Å². The van der Waals surface area contributed by atoms with Gasteiger partial charge in [0.1, 0.15) is 16.9 Å². The molecule has 3 aromatic rings. The molecule has 3 heterocycles. The predicted molar refractivity (Wildman–Crippen MR) is 103 cm³/mol. The van der Waals surface area contributed by atoms with Crippen molar-refractivity contribution in [3.05, 3.63) is 48.0 Å². The molecule has 3 aromatic heterocycles. The quantitative estimate of drug-likeness (QED) is 0.715. The van der Waals surface area contributed by atoms with Gasteiger partial charge in [0.25, 0.3) is 0 Å². The van der Waals surface area contributed by atoms with Gasteiger partial charge in [-0.05, 0) is 18.4 Å². The molecule has 1 aliphatic rings. The van der Waals surface area contributed by atoms with E-state index >= 15 is 0 Å². The zero-order valence-corrected chi connectivity index (χ0v) is 15.7. The monoisotopic (exact) mass is 362 g/mol. The van der Waals surface area contributed by atoms with E-state index in [1.165, 1.54) is 5.57 Å². The molecule has 27 heavy (non-hydrogen) atoms. The number of allylic oxidation sites excluding steroid dienone is 4. The Labute approximate surface area is 157 Å². The van der Waals surface area contributed by atoms with Crippen LogP contribution in [-0.4, -0.2) is 35.7 Å². The summed E-state index contributed by atoms with van der Waals surface area (Å²) in [6.45, 7) is 6.36. The van der Waals surface area contributed by atoms with Gasteiger partial charge in [-0.3, -0.25) is 4.79 Å². The van der Waals surface area contributed by atoms with Crippen molar-refractivity contribution in [3.8, 4) is 11.4 Å². The van der Waals surface area contributed by atoms with E-state index in [9.17, 15) is 4.79 Å². The third-order valence-corrected chi connectivity index (χ3v) is 4.52. The Kier molecular flexibility index (Phi) is 4.22. The van der Waals surface area contributed by atoms with Crippen LogP contribution in [0.25, 0.3) is 22.6 Å². The van der Waals surface area contributed by atoms with Crippen LogP contribution in [0.2, 0.25) is 0 Å². The number of hydrogen-bond donors (Lipinski definition) is 1. The molecule has 0 saturated heterocycles. The lowest BCUT2D eigenvalue weighted by Gasteiger charge is -2.15. The fourth-order valence-electron chi connectivity index (χ4n) is 3.06. The third kappa shape index (κ3) is 3.45. The number of H-pyrrole nitrogens is 1. The van der Waals surface area contributed by atoms with Crippen LogP contribution in [0.4, 0.5) is 0 Å². The van der Waals surface area contributed by atoms with Gasteiger partial charge >= 0.3 is 0 Å². The summed E-state index contributed by atoms with van der Waals surface area (Å²) in [5, 5.41) is 8.43. The molecular weight excluding hydrogens is 340 g/mol. The summed E-state index contributed by atoms with van der Waals surface area (Å²) in [6, 6.07) is 0. The molecule has 0 saturated carbocycles. The molecule has 0 aromatic carbocycles. The van der Waals surface area contributed by atoms with Gasteiger partial charge in [-0.15, -0.1) is 5.10 Å². The smallest absolute Gasteiger partial charge is 0.171 e. The fraction of sp³-hybridized carbons (Fsp3) is 0.350. The van der Waals surface area contributed by atoms with Crippen molar-refractivity contribution in [2.75, 3.05) is 0 Å². The lowest BCUT2D eigenvalue weighted by Crippen LogP contribution is -2.20. The van der Waals surface area contributed by atoms with Crippen LogP contribution < -0.4 is 0 Å². The first-order valence-electron chi connectivity index (χ1n) is 9.07. The van der Waals surface area contributed by atoms with Gasteiger partial charge in [0.15, 0.2) is 11.4 Å².